The van der Waals surface area contributed by atoms with E-state index in [9.17, 15) is 18.9 Å². The number of aromatic amines is 1. The lowest BCUT2D eigenvalue weighted by Gasteiger charge is -2.22. The van der Waals surface area contributed by atoms with Crippen LogP contribution in [0.1, 0.15) is 33.4 Å². The monoisotopic (exact) mass is 481 g/mol. The molecule has 1 fully saturated rings. The molecule has 2 heterocycles. The number of nitrogens with one attached hydrogen (secondary N) is 2. The van der Waals surface area contributed by atoms with Gasteiger partial charge in [0.15, 0.2) is 0 Å². The molecule has 12 heteroatoms. The van der Waals surface area contributed by atoms with Gasteiger partial charge in [-0.05, 0) is 32.4 Å². The molecule has 33 heavy (non-hydrogen) atoms. The summed E-state index contributed by atoms with van der Waals surface area (Å²) in [6, 6.07) is 9.65. The van der Waals surface area contributed by atoms with Crippen molar-refractivity contribution in [3.05, 3.63) is 63.4 Å². The molecule has 11 nitrogen and oxygen atoms in total. The van der Waals surface area contributed by atoms with Gasteiger partial charge >= 0.3 is 19.4 Å². The number of rotatable bonds is 10. The van der Waals surface area contributed by atoms with Crippen LogP contribution < -0.4 is 20.9 Å². The van der Waals surface area contributed by atoms with Gasteiger partial charge in [0.05, 0.1) is 18.8 Å². The molecule has 2 N–H and O–H groups in total. The second-order valence-electron chi connectivity index (χ2n) is 7.95. The standard InChI is InChI=1S/C21H28N3O8P/c1-14(2)30-19(26)12-22-33(28,32-16-7-5-4-6-8-16)29-13-17-11-15(3)20(31-17)24-10-9-18(25)23-21(24)27/h4-10,14-15,17,20H,11-13H2,1-3H3,(H,22,28)(H,23,25,27)/t15?,17?,20?,33-/m0/s1. The van der Waals surface area contributed by atoms with Gasteiger partial charge in [0, 0.05) is 18.2 Å². The normalized spacial score (nSPS) is 22.1. The first-order valence-electron chi connectivity index (χ1n) is 10.6. The highest BCUT2D eigenvalue weighted by Crippen LogP contribution is 2.45. The summed E-state index contributed by atoms with van der Waals surface area (Å²) >= 11 is 0. The van der Waals surface area contributed by atoms with Crippen LogP contribution in [0.5, 0.6) is 5.75 Å². The maximum Gasteiger partial charge on any atom is 0.459 e. The fourth-order valence-corrected chi connectivity index (χ4v) is 4.66. The number of esters is 1. The average molecular weight is 481 g/mol. The van der Waals surface area contributed by atoms with Crippen molar-refractivity contribution in [3.63, 3.8) is 0 Å². The van der Waals surface area contributed by atoms with E-state index in [1.807, 2.05) is 6.92 Å². The number of nitrogens with zero attached hydrogens (tertiary/aromatic N) is 1. The van der Waals surface area contributed by atoms with Gasteiger partial charge in [-0.15, -0.1) is 0 Å². The number of hydrogen-bond donors (Lipinski definition) is 2. The second-order valence-corrected chi connectivity index (χ2v) is 9.70. The zero-order valence-corrected chi connectivity index (χ0v) is 19.5. The first kappa shape index (κ1) is 24.9. The highest BCUT2D eigenvalue weighted by molar-refractivity contribution is 7.52. The summed E-state index contributed by atoms with van der Waals surface area (Å²) in [5.41, 5.74) is -1.08. The third kappa shape index (κ3) is 7.13. The van der Waals surface area contributed by atoms with Crippen molar-refractivity contribution in [3.8, 4) is 5.75 Å². The van der Waals surface area contributed by atoms with Crippen molar-refractivity contribution < 1.29 is 27.9 Å². The number of carbonyl (C=O) groups excluding carboxylic acids is 1. The number of carbonyl (C=O) groups is 1. The number of ether oxygens (including phenoxy) is 2. The summed E-state index contributed by atoms with van der Waals surface area (Å²) in [6.07, 6.45) is 0.442. The first-order chi connectivity index (χ1) is 15.6. The number of aromatic nitrogens is 2. The Morgan fingerprint density at radius 1 is 1.27 bits per heavy atom. The molecular formula is C21H28N3O8P. The molecule has 4 atom stereocenters. The van der Waals surface area contributed by atoms with Crippen LogP contribution in [0.15, 0.2) is 52.2 Å². The summed E-state index contributed by atoms with van der Waals surface area (Å²) in [4.78, 5) is 37.5. The predicted molar refractivity (Wildman–Crippen MR) is 119 cm³/mol. The Labute approximate surface area is 190 Å². The summed E-state index contributed by atoms with van der Waals surface area (Å²) in [6.45, 7) is 4.81. The van der Waals surface area contributed by atoms with Crippen molar-refractivity contribution in [2.24, 2.45) is 5.92 Å². The minimum absolute atomic E-state index is 0.0781. The van der Waals surface area contributed by atoms with Gasteiger partial charge < -0.3 is 14.0 Å². The highest BCUT2D eigenvalue weighted by atomic mass is 31.2. The molecule has 0 radical (unpaired) electrons. The number of para-hydroxylation sites is 1. The van der Waals surface area contributed by atoms with Crippen molar-refractivity contribution in [2.75, 3.05) is 13.2 Å². The van der Waals surface area contributed by atoms with E-state index >= 15 is 0 Å². The molecule has 2 aromatic rings. The molecule has 1 aliphatic rings. The van der Waals surface area contributed by atoms with E-state index in [4.69, 9.17) is 18.5 Å². The summed E-state index contributed by atoms with van der Waals surface area (Å²) in [5, 5.41) is 2.53. The lowest BCUT2D eigenvalue weighted by Crippen LogP contribution is -2.33. The highest BCUT2D eigenvalue weighted by Gasteiger charge is 2.37. The molecule has 1 aliphatic heterocycles. The molecule has 1 aromatic carbocycles. The molecule has 3 rings (SSSR count). The van der Waals surface area contributed by atoms with E-state index in [0.717, 1.165) is 0 Å². The fraction of sp³-hybridized carbons (Fsp3) is 0.476. The van der Waals surface area contributed by atoms with Crippen molar-refractivity contribution in [2.45, 2.75) is 45.6 Å². The van der Waals surface area contributed by atoms with E-state index < -0.39 is 37.3 Å². The van der Waals surface area contributed by atoms with Crippen molar-refractivity contribution in [1.29, 1.82) is 0 Å². The SMILES string of the molecule is CC(C)OC(=O)CN[P@](=O)(OCC1CC(C)C(n2ccc(=O)[nH]c2=O)O1)Oc1ccccc1. The van der Waals surface area contributed by atoms with Crippen LogP contribution in [0, 0.1) is 5.92 Å². The van der Waals surface area contributed by atoms with Crippen LogP contribution in [-0.2, 0) is 23.4 Å². The number of benzene rings is 1. The molecule has 0 saturated carbocycles. The third-order valence-corrected chi connectivity index (χ3v) is 6.25. The van der Waals surface area contributed by atoms with Crippen molar-refractivity contribution >= 4 is 13.7 Å². The lowest BCUT2D eigenvalue weighted by molar-refractivity contribution is -0.145. The molecule has 0 amide bonds. The summed E-state index contributed by atoms with van der Waals surface area (Å²) < 4.78 is 36.8. The Morgan fingerprint density at radius 3 is 2.67 bits per heavy atom. The predicted octanol–water partition coefficient (Wildman–Crippen LogP) is 2.21. The van der Waals surface area contributed by atoms with E-state index in [2.05, 4.69) is 10.1 Å². The largest absolute Gasteiger partial charge is 0.462 e. The Hall–Kier alpha value is -2.72. The van der Waals surface area contributed by atoms with Gasteiger partial charge in [0.1, 0.15) is 18.5 Å². The van der Waals surface area contributed by atoms with Crippen LogP contribution in [0.3, 0.4) is 0 Å². The maximum atomic E-state index is 13.3. The van der Waals surface area contributed by atoms with E-state index in [0.29, 0.717) is 12.2 Å². The van der Waals surface area contributed by atoms with Crippen LogP contribution in [0.25, 0.3) is 0 Å². The molecule has 1 aromatic heterocycles. The maximum absolute atomic E-state index is 13.3. The molecule has 1 saturated heterocycles. The average Bonchev–Trinajstić information content (AvgIpc) is 3.12. The Morgan fingerprint density at radius 2 is 2.00 bits per heavy atom. The van der Waals surface area contributed by atoms with Crippen LogP contribution >= 0.6 is 7.75 Å². The van der Waals surface area contributed by atoms with E-state index in [1.165, 1.54) is 16.8 Å². The van der Waals surface area contributed by atoms with Crippen LogP contribution in [0.4, 0.5) is 0 Å². The molecule has 0 spiro atoms. The topological polar surface area (TPSA) is 138 Å². The Balaban J connectivity index is 1.66. The number of hydrogen-bond acceptors (Lipinski definition) is 8. The second kappa shape index (κ2) is 10.9. The Kier molecular flexibility index (Phi) is 8.25. The minimum atomic E-state index is -3.97. The number of H-pyrrole nitrogens is 1. The molecular weight excluding hydrogens is 453 g/mol. The molecule has 180 valence electrons. The summed E-state index contributed by atoms with van der Waals surface area (Å²) in [7, 11) is -3.97. The van der Waals surface area contributed by atoms with Crippen molar-refractivity contribution in [1.82, 2.24) is 14.6 Å². The van der Waals surface area contributed by atoms with Gasteiger partial charge in [-0.1, -0.05) is 25.1 Å². The lowest BCUT2D eigenvalue weighted by atomic mass is 10.1. The minimum Gasteiger partial charge on any atom is -0.462 e. The van der Waals surface area contributed by atoms with Gasteiger partial charge in [-0.3, -0.25) is 23.7 Å². The summed E-state index contributed by atoms with van der Waals surface area (Å²) in [5.74, 6) is -0.386. The van der Waals surface area contributed by atoms with Crippen LogP contribution in [0.2, 0.25) is 0 Å². The van der Waals surface area contributed by atoms with Gasteiger partial charge in [-0.25, -0.2) is 14.4 Å². The van der Waals surface area contributed by atoms with Gasteiger partial charge in [0.25, 0.3) is 5.56 Å². The van der Waals surface area contributed by atoms with Gasteiger partial charge in [-0.2, -0.15) is 0 Å². The quantitative estimate of drug-likeness (QED) is 0.386. The Bertz CT molecular complexity index is 1100. The fourth-order valence-electron chi connectivity index (χ4n) is 3.36. The zero-order chi connectivity index (χ0) is 24.0. The molecule has 0 bridgehead atoms. The van der Waals surface area contributed by atoms with Crippen LogP contribution in [-0.4, -0.2) is 40.9 Å². The zero-order valence-electron chi connectivity index (χ0n) is 18.6. The van der Waals surface area contributed by atoms with Gasteiger partial charge in [0.2, 0.25) is 0 Å². The first-order valence-corrected chi connectivity index (χ1v) is 12.1. The smallest absolute Gasteiger partial charge is 0.459 e. The molecule has 0 aliphatic carbocycles. The molecule has 3 unspecified atom stereocenters. The van der Waals surface area contributed by atoms with E-state index in [-0.39, 0.29) is 25.2 Å². The van der Waals surface area contributed by atoms with E-state index in [1.54, 1.807) is 44.2 Å². The third-order valence-electron chi connectivity index (χ3n) is 4.76.